The Kier molecular flexibility index (Phi) is 4.68. The molecule has 4 rings (SSSR count). The van der Waals surface area contributed by atoms with Crippen LogP contribution in [0.1, 0.15) is 27.2 Å². The second kappa shape index (κ2) is 7.16. The highest BCUT2D eigenvalue weighted by Crippen LogP contribution is 2.32. The van der Waals surface area contributed by atoms with Crippen molar-refractivity contribution in [2.24, 2.45) is 0 Å². The zero-order valence-corrected chi connectivity index (χ0v) is 16.7. The summed E-state index contributed by atoms with van der Waals surface area (Å²) in [4.78, 5) is 25.3. The van der Waals surface area contributed by atoms with Crippen molar-refractivity contribution in [1.29, 1.82) is 0 Å². The van der Waals surface area contributed by atoms with Crippen LogP contribution in [0.4, 0.5) is 11.4 Å². The number of anilines is 2. The number of fused-ring (bicyclic) bond motifs is 1. The van der Waals surface area contributed by atoms with Crippen molar-refractivity contribution < 1.29 is 9.59 Å². The Morgan fingerprint density at radius 2 is 2.00 bits per heavy atom. The lowest BCUT2D eigenvalue weighted by atomic mass is 10.1. The Balaban J connectivity index is 1.59. The Labute approximate surface area is 167 Å². The van der Waals surface area contributed by atoms with Gasteiger partial charge in [0, 0.05) is 10.5 Å². The molecule has 0 atom stereocenters. The van der Waals surface area contributed by atoms with E-state index < -0.39 is 0 Å². The predicted molar refractivity (Wildman–Crippen MR) is 112 cm³/mol. The molecule has 0 aliphatic carbocycles. The fourth-order valence-electron chi connectivity index (χ4n) is 3.14. The number of hydrogen-bond donors (Lipinski definition) is 2. The Morgan fingerprint density at radius 1 is 1.18 bits per heavy atom. The molecule has 3 aromatic rings. The lowest BCUT2D eigenvalue weighted by molar-refractivity contribution is -0.113. The number of carbonyl (C=O) groups is 2. The van der Waals surface area contributed by atoms with Crippen LogP contribution in [0.15, 0.2) is 47.5 Å². The summed E-state index contributed by atoms with van der Waals surface area (Å²) in [7, 11) is 0. The van der Waals surface area contributed by atoms with Gasteiger partial charge in [-0.15, -0.1) is 11.8 Å². The summed E-state index contributed by atoms with van der Waals surface area (Å²) < 4.78 is 1.83. The third-order valence-electron chi connectivity index (χ3n) is 4.73. The van der Waals surface area contributed by atoms with E-state index in [1.165, 1.54) is 11.8 Å². The maximum absolute atomic E-state index is 12.7. The number of thioether (sulfide) groups is 1. The van der Waals surface area contributed by atoms with Crippen LogP contribution >= 0.6 is 11.8 Å². The minimum atomic E-state index is -0.240. The first-order chi connectivity index (χ1) is 13.4. The van der Waals surface area contributed by atoms with Crippen LogP contribution in [0.5, 0.6) is 0 Å². The SMILES string of the molecule is Cc1ccc(C)c(-n2ncc(NC(=O)c3ccc4c(c3)NC(=O)CS4)c2C)c1. The Bertz CT molecular complexity index is 1100. The lowest BCUT2D eigenvalue weighted by Crippen LogP contribution is -2.20. The average molecular weight is 392 g/mol. The molecule has 142 valence electrons. The first kappa shape index (κ1) is 18.3. The van der Waals surface area contributed by atoms with Crippen molar-refractivity contribution in [2.75, 3.05) is 16.4 Å². The van der Waals surface area contributed by atoms with Crippen LogP contribution in [0, 0.1) is 20.8 Å². The third-order valence-corrected chi connectivity index (χ3v) is 5.80. The number of aryl methyl sites for hydroxylation is 2. The highest BCUT2D eigenvalue weighted by Gasteiger charge is 2.18. The van der Waals surface area contributed by atoms with Gasteiger partial charge in [-0.3, -0.25) is 9.59 Å². The number of nitrogens with one attached hydrogen (secondary N) is 2. The highest BCUT2D eigenvalue weighted by molar-refractivity contribution is 8.00. The molecule has 0 saturated heterocycles. The van der Waals surface area contributed by atoms with Gasteiger partial charge in [-0.05, 0) is 56.2 Å². The number of benzene rings is 2. The quantitative estimate of drug-likeness (QED) is 0.704. The summed E-state index contributed by atoms with van der Waals surface area (Å²) in [5.41, 5.74) is 5.92. The van der Waals surface area contributed by atoms with E-state index in [9.17, 15) is 9.59 Å². The van der Waals surface area contributed by atoms with Gasteiger partial charge in [0.1, 0.15) is 0 Å². The average Bonchev–Trinajstić information content (AvgIpc) is 3.03. The van der Waals surface area contributed by atoms with E-state index in [4.69, 9.17) is 0 Å². The number of hydrogen-bond acceptors (Lipinski definition) is 4. The van der Waals surface area contributed by atoms with E-state index in [1.54, 1.807) is 18.3 Å². The van der Waals surface area contributed by atoms with Crippen molar-refractivity contribution in [3.05, 3.63) is 65.0 Å². The maximum atomic E-state index is 12.7. The van der Waals surface area contributed by atoms with E-state index in [0.717, 1.165) is 27.4 Å². The van der Waals surface area contributed by atoms with Gasteiger partial charge in [-0.1, -0.05) is 12.1 Å². The summed E-state index contributed by atoms with van der Waals surface area (Å²) in [5.74, 6) is 0.104. The van der Waals surface area contributed by atoms with Crippen LogP contribution < -0.4 is 10.6 Å². The second-order valence-electron chi connectivity index (χ2n) is 6.85. The summed E-state index contributed by atoms with van der Waals surface area (Å²) in [6.07, 6.45) is 1.66. The molecule has 28 heavy (non-hydrogen) atoms. The van der Waals surface area contributed by atoms with Crippen molar-refractivity contribution in [3.8, 4) is 5.69 Å². The number of rotatable bonds is 3. The van der Waals surface area contributed by atoms with Gasteiger partial charge in [0.15, 0.2) is 0 Å². The van der Waals surface area contributed by atoms with Crippen LogP contribution in [-0.4, -0.2) is 27.3 Å². The molecule has 0 unspecified atom stereocenters. The maximum Gasteiger partial charge on any atom is 0.255 e. The number of aromatic nitrogens is 2. The molecule has 6 nitrogen and oxygen atoms in total. The zero-order chi connectivity index (χ0) is 19.8. The normalized spacial score (nSPS) is 13.0. The molecule has 0 bridgehead atoms. The van der Waals surface area contributed by atoms with Crippen LogP contribution in [0.3, 0.4) is 0 Å². The highest BCUT2D eigenvalue weighted by atomic mass is 32.2. The van der Waals surface area contributed by atoms with Gasteiger partial charge in [0.25, 0.3) is 5.91 Å². The van der Waals surface area contributed by atoms with E-state index in [1.807, 2.05) is 31.5 Å². The molecule has 0 saturated carbocycles. The molecule has 0 radical (unpaired) electrons. The first-order valence-electron chi connectivity index (χ1n) is 8.92. The minimum absolute atomic E-state index is 0.0549. The van der Waals surface area contributed by atoms with E-state index >= 15 is 0 Å². The van der Waals surface area contributed by atoms with Gasteiger partial charge >= 0.3 is 0 Å². The van der Waals surface area contributed by atoms with Crippen molar-refractivity contribution in [3.63, 3.8) is 0 Å². The molecule has 0 spiro atoms. The smallest absolute Gasteiger partial charge is 0.255 e. The fraction of sp³-hybridized carbons (Fsp3) is 0.190. The van der Waals surface area contributed by atoms with Gasteiger partial charge in [0.05, 0.1) is 34.7 Å². The van der Waals surface area contributed by atoms with Crippen LogP contribution in [-0.2, 0) is 4.79 Å². The second-order valence-corrected chi connectivity index (χ2v) is 7.86. The molecule has 1 aliphatic heterocycles. The number of nitrogens with zero attached hydrogens (tertiary/aromatic N) is 2. The van der Waals surface area contributed by atoms with Crippen LogP contribution in [0.2, 0.25) is 0 Å². The fourth-order valence-corrected chi connectivity index (χ4v) is 3.93. The zero-order valence-electron chi connectivity index (χ0n) is 15.9. The largest absolute Gasteiger partial charge is 0.324 e. The van der Waals surface area contributed by atoms with Gasteiger partial charge < -0.3 is 10.6 Å². The monoisotopic (exact) mass is 392 g/mol. The lowest BCUT2D eigenvalue weighted by Gasteiger charge is -2.17. The van der Waals surface area contributed by atoms with Crippen molar-refractivity contribution in [2.45, 2.75) is 25.7 Å². The molecule has 0 fully saturated rings. The molecule has 7 heteroatoms. The summed E-state index contributed by atoms with van der Waals surface area (Å²) in [6, 6.07) is 11.5. The van der Waals surface area contributed by atoms with E-state index in [-0.39, 0.29) is 11.8 Å². The van der Waals surface area contributed by atoms with E-state index in [2.05, 4.69) is 33.9 Å². The summed E-state index contributed by atoms with van der Waals surface area (Å²) in [6.45, 7) is 6.00. The van der Waals surface area contributed by atoms with Gasteiger partial charge in [-0.2, -0.15) is 5.10 Å². The Morgan fingerprint density at radius 3 is 2.82 bits per heavy atom. The van der Waals surface area contributed by atoms with Gasteiger partial charge in [-0.25, -0.2) is 4.68 Å². The first-order valence-corrected chi connectivity index (χ1v) is 9.91. The van der Waals surface area contributed by atoms with Gasteiger partial charge in [0.2, 0.25) is 5.91 Å². The van der Waals surface area contributed by atoms with Crippen molar-refractivity contribution >= 4 is 35.0 Å². The number of carbonyl (C=O) groups excluding carboxylic acids is 2. The van der Waals surface area contributed by atoms with Crippen LogP contribution in [0.25, 0.3) is 5.69 Å². The van der Waals surface area contributed by atoms with Crippen molar-refractivity contribution in [1.82, 2.24) is 9.78 Å². The molecule has 2 N–H and O–H groups in total. The third kappa shape index (κ3) is 3.41. The molecule has 1 aliphatic rings. The molecule has 2 heterocycles. The summed E-state index contributed by atoms with van der Waals surface area (Å²) in [5, 5.41) is 10.2. The molecule has 1 aromatic heterocycles. The topological polar surface area (TPSA) is 76.0 Å². The molecular formula is C21H20N4O2S. The Hall–Kier alpha value is -3.06. The molecule has 2 aromatic carbocycles. The van der Waals surface area contributed by atoms with E-state index in [0.29, 0.717) is 22.7 Å². The standard InChI is InChI=1S/C21H20N4O2S/c1-12-4-5-13(2)18(8-12)25-14(3)17(10-22-25)24-21(27)15-6-7-19-16(9-15)23-20(26)11-28-19/h4-10H,11H2,1-3H3,(H,23,26)(H,24,27). The number of amides is 2. The minimum Gasteiger partial charge on any atom is -0.324 e. The molecule has 2 amide bonds. The summed E-state index contributed by atoms with van der Waals surface area (Å²) >= 11 is 1.47. The molecular weight excluding hydrogens is 372 g/mol. The predicted octanol–water partition coefficient (Wildman–Crippen LogP) is 4.09.